The van der Waals surface area contributed by atoms with Gasteiger partial charge in [-0.3, -0.25) is 0 Å². The van der Waals surface area contributed by atoms with Crippen LogP contribution in [0.2, 0.25) is 0 Å². The molecule has 0 atom stereocenters. The SMILES string of the molecule is CCCCCCCCCCCCCCCCCCCCCC(F)(F)C(F)(F)C(F)(F)C(F)(F)C(F)(F)C(F)(F)C(F)(F)F. The van der Waals surface area contributed by atoms with E-state index in [2.05, 4.69) is 6.92 Å². The first-order valence-corrected chi connectivity index (χ1v) is 14.9. The molecule has 43 heavy (non-hydrogen) atoms. The third kappa shape index (κ3) is 11.1. The number of rotatable bonds is 25. The molecule has 0 amide bonds. The Bertz CT molecular complexity index is 745. The molecule has 260 valence electrons. The van der Waals surface area contributed by atoms with Gasteiger partial charge in [0.15, 0.2) is 0 Å². The number of hydrogen-bond acceptors (Lipinski definition) is 0. The summed E-state index contributed by atoms with van der Waals surface area (Å²) in [4.78, 5) is 0. The van der Waals surface area contributed by atoms with Crippen LogP contribution in [0.4, 0.5) is 65.9 Å². The maximum Gasteiger partial charge on any atom is 0.460 e. The van der Waals surface area contributed by atoms with E-state index >= 15 is 0 Å². The van der Waals surface area contributed by atoms with Crippen LogP contribution in [0.3, 0.4) is 0 Å². The third-order valence-corrected chi connectivity index (χ3v) is 7.49. The molecule has 0 aromatic rings. The number of alkyl halides is 15. The van der Waals surface area contributed by atoms with Gasteiger partial charge in [0.05, 0.1) is 0 Å². The maximum atomic E-state index is 13.8. The van der Waals surface area contributed by atoms with Gasteiger partial charge in [0.25, 0.3) is 0 Å². The Morgan fingerprint density at radius 3 is 0.791 bits per heavy atom. The summed E-state index contributed by atoms with van der Waals surface area (Å²) < 4.78 is 198. The van der Waals surface area contributed by atoms with Crippen molar-refractivity contribution in [3.63, 3.8) is 0 Å². The van der Waals surface area contributed by atoms with Gasteiger partial charge in [-0.2, -0.15) is 65.9 Å². The first-order valence-electron chi connectivity index (χ1n) is 14.9. The molecule has 0 aliphatic carbocycles. The van der Waals surface area contributed by atoms with Crippen molar-refractivity contribution in [2.24, 2.45) is 0 Å². The van der Waals surface area contributed by atoms with E-state index in [1.807, 2.05) is 0 Å². The molecule has 0 spiro atoms. The van der Waals surface area contributed by atoms with Crippen molar-refractivity contribution >= 4 is 0 Å². The van der Waals surface area contributed by atoms with Gasteiger partial charge in [0, 0.05) is 6.42 Å². The fraction of sp³-hybridized carbons (Fsp3) is 1.00. The largest absolute Gasteiger partial charge is 0.460 e. The molecule has 0 fully saturated rings. The lowest BCUT2D eigenvalue weighted by Gasteiger charge is -2.41. The van der Waals surface area contributed by atoms with Crippen molar-refractivity contribution in [1.29, 1.82) is 0 Å². The quantitative estimate of drug-likeness (QED) is 0.0673. The van der Waals surface area contributed by atoms with E-state index in [9.17, 15) is 65.9 Å². The lowest BCUT2D eigenvalue weighted by Crippen LogP contribution is -2.72. The van der Waals surface area contributed by atoms with Crippen LogP contribution in [-0.4, -0.2) is 41.7 Å². The number of unbranched alkanes of at least 4 members (excludes halogenated alkanes) is 18. The molecule has 15 heteroatoms. The zero-order chi connectivity index (χ0) is 33.6. The summed E-state index contributed by atoms with van der Waals surface area (Å²) in [5.74, 6) is -45.8. The molecule has 0 saturated carbocycles. The highest BCUT2D eigenvalue weighted by molar-refractivity contribution is 5.12. The van der Waals surface area contributed by atoms with Crippen LogP contribution < -0.4 is 0 Å². The highest BCUT2D eigenvalue weighted by atomic mass is 19.4. The van der Waals surface area contributed by atoms with Crippen LogP contribution >= 0.6 is 0 Å². The molecule has 0 radical (unpaired) electrons. The second-order valence-electron chi connectivity index (χ2n) is 11.2. The maximum absolute atomic E-state index is 13.8. The fourth-order valence-corrected chi connectivity index (χ4v) is 4.58. The summed E-state index contributed by atoms with van der Waals surface area (Å²) in [7, 11) is 0. The monoisotopic (exact) mass is 664 g/mol. The second kappa shape index (κ2) is 17.6. The minimum Gasteiger partial charge on any atom is -0.200 e. The van der Waals surface area contributed by atoms with Crippen molar-refractivity contribution in [3.05, 3.63) is 0 Å². The van der Waals surface area contributed by atoms with Crippen LogP contribution in [-0.2, 0) is 0 Å². The molecule has 0 nitrogen and oxygen atoms in total. The Balaban J connectivity index is 4.43. The molecule has 0 N–H and O–H groups in total. The normalized spacial score (nSPS) is 14.5. The standard InChI is InChI=1S/C28H43F15/c1-2-3-4-5-6-7-8-9-10-11-12-13-14-15-16-17-18-19-20-21-22(29,30)23(31,32)24(33,34)25(35,36)26(37,38)27(39,40)28(41,42)43/h2-21H2,1H3. The summed E-state index contributed by atoms with van der Waals surface area (Å²) in [6.45, 7) is 2.17. The third-order valence-electron chi connectivity index (χ3n) is 7.49. The van der Waals surface area contributed by atoms with E-state index in [-0.39, 0.29) is 12.8 Å². The smallest absolute Gasteiger partial charge is 0.200 e. The molecule has 0 aromatic carbocycles. The summed E-state index contributed by atoms with van der Waals surface area (Å²) in [6.07, 6.45) is 6.29. The van der Waals surface area contributed by atoms with Crippen molar-refractivity contribution < 1.29 is 65.9 Å². The van der Waals surface area contributed by atoms with E-state index in [0.717, 1.165) is 38.5 Å². The Labute approximate surface area is 243 Å². The molecule has 0 aliphatic heterocycles. The van der Waals surface area contributed by atoms with Gasteiger partial charge in [-0.05, 0) is 6.42 Å². The average molecular weight is 665 g/mol. The highest BCUT2D eigenvalue weighted by Crippen LogP contribution is 2.62. The Hall–Kier alpha value is -1.05. The fourth-order valence-electron chi connectivity index (χ4n) is 4.58. The molecule has 0 saturated heterocycles. The van der Waals surface area contributed by atoms with Gasteiger partial charge in [-0.25, -0.2) is 0 Å². The summed E-state index contributed by atoms with van der Waals surface area (Å²) >= 11 is 0. The molecule has 0 rings (SSSR count). The van der Waals surface area contributed by atoms with E-state index in [1.165, 1.54) is 51.4 Å². The first kappa shape index (κ1) is 42.0. The number of halogens is 15. The topological polar surface area (TPSA) is 0 Å². The summed E-state index contributed by atoms with van der Waals surface area (Å²) in [5, 5.41) is 0. The first-order chi connectivity index (χ1) is 19.6. The van der Waals surface area contributed by atoms with Gasteiger partial charge >= 0.3 is 41.7 Å². The predicted octanol–water partition coefficient (Wildman–Crippen LogP) is 13.2. The minimum atomic E-state index is -8.21. The second-order valence-corrected chi connectivity index (χ2v) is 11.2. The minimum absolute atomic E-state index is 0.169. The molecule has 0 heterocycles. The summed E-state index contributed by atoms with van der Waals surface area (Å²) in [6, 6.07) is 0. The lowest BCUT2D eigenvalue weighted by molar-refractivity contribution is -0.452. The van der Waals surface area contributed by atoms with E-state index in [4.69, 9.17) is 0 Å². The predicted molar refractivity (Wildman–Crippen MR) is 134 cm³/mol. The van der Waals surface area contributed by atoms with E-state index in [1.54, 1.807) is 0 Å². The molecule has 0 aromatic heterocycles. The van der Waals surface area contributed by atoms with Gasteiger partial charge in [0.2, 0.25) is 0 Å². The van der Waals surface area contributed by atoms with Crippen molar-refractivity contribution in [1.82, 2.24) is 0 Å². The Morgan fingerprint density at radius 1 is 0.279 bits per heavy atom. The van der Waals surface area contributed by atoms with Gasteiger partial charge < -0.3 is 0 Å². The van der Waals surface area contributed by atoms with Gasteiger partial charge in [0.1, 0.15) is 0 Å². The zero-order valence-corrected chi connectivity index (χ0v) is 24.3. The zero-order valence-electron chi connectivity index (χ0n) is 24.3. The molecule has 0 unspecified atom stereocenters. The van der Waals surface area contributed by atoms with Crippen molar-refractivity contribution in [2.45, 2.75) is 177 Å². The van der Waals surface area contributed by atoms with Crippen LogP contribution in [0.15, 0.2) is 0 Å². The lowest BCUT2D eigenvalue weighted by atomic mass is 9.89. The van der Waals surface area contributed by atoms with E-state index in [0.29, 0.717) is 12.8 Å². The van der Waals surface area contributed by atoms with Gasteiger partial charge in [-0.15, -0.1) is 0 Å². The van der Waals surface area contributed by atoms with Crippen LogP contribution in [0.25, 0.3) is 0 Å². The van der Waals surface area contributed by atoms with Crippen LogP contribution in [0.1, 0.15) is 135 Å². The molecule has 0 aliphatic rings. The van der Waals surface area contributed by atoms with Gasteiger partial charge in [-0.1, -0.05) is 122 Å². The number of hydrogen-bond donors (Lipinski definition) is 0. The molecular weight excluding hydrogens is 621 g/mol. The molecular formula is C28H43F15. The van der Waals surface area contributed by atoms with Crippen LogP contribution in [0.5, 0.6) is 0 Å². The average Bonchev–Trinajstić information content (AvgIpc) is 2.88. The van der Waals surface area contributed by atoms with E-state index < -0.39 is 54.6 Å². The highest BCUT2D eigenvalue weighted by Gasteiger charge is 2.93. The Morgan fingerprint density at radius 2 is 0.512 bits per heavy atom. The van der Waals surface area contributed by atoms with Crippen molar-refractivity contribution in [3.8, 4) is 0 Å². The van der Waals surface area contributed by atoms with Crippen molar-refractivity contribution in [2.75, 3.05) is 0 Å². The molecule has 0 bridgehead atoms. The Kier molecular flexibility index (Phi) is 17.2. The van der Waals surface area contributed by atoms with Crippen LogP contribution in [0, 0.1) is 0 Å². The summed E-state index contributed by atoms with van der Waals surface area (Å²) in [5.41, 5.74) is 0.